The lowest BCUT2D eigenvalue weighted by Crippen LogP contribution is -2.26. The molecule has 1 aromatic heterocycles. The van der Waals surface area contributed by atoms with Gasteiger partial charge < -0.3 is 5.32 Å². The molecule has 0 amide bonds. The minimum Gasteiger partial charge on any atom is -0.305 e. The van der Waals surface area contributed by atoms with E-state index in [4.69, 9.17) is 11.6 Å². The third-order valence-corrected chi connectivity index (χ3v) is 4.15. The summed E-state index contributed by atoms with van der Waals surface area (Å²) in [7, 11) is 0. The van der Waals surface area contributed by atoms with Crippen molar-refractivity contribution in [1.82, 2.24) is 15.1 Å². The smallest absolute Gasteiger partial charge is 0.146 e. The SMILES string of the molecule is CCNC(c1cccc(Cl)c1F)c1c(Br)cnn1C(C)C. The van der Waals surface area contributed by atoms with E-state index in [1.165, 1.54) is 0 Å². The van der Waals surface area contributed by atoms with Crippen LogP contribution in [0.15, 0.2) is 28.9 Å². The van der Waals surface area contributed by atoms with E-state index in [-0.39, 0.29) is 17.1 Å². The summed E-state index contributed by atoms with van der Waals surface area (Å²) in [5.41, 5.74) is 1.42. The fourth-order valence-corrected chi connectivity index (χ4v) is 3.02. The summed E-state index contributed by atoms with van der Waals surface area (Å²) in [4.78, 5) is 0. The van der Waals surface area contributed by atoms with Crippen LogP contribution < -0.4 is 5.32 Å². The van der Waals surface area contributed by atoms with Crippen LogP contribution in [0, 0.1) is 5.82 Å². The van der Waals surface area contributed by atoms with E-state index in [0.29, 0.717) is 12.1 Å². The first-order chi connectivity index (χ1) is 9.97. The van der Waals surface area contributed by atoms with Crippen LogP contribution in [0.1, 0.15) is 44.1 Å². The zero-order valence-electron chi connectivity index (χ0n) is 12.2. The van der Waals surface area contributed by atoms with Crippen molar-refractivity contribution in [2.24, 2.45) is 0 Å². The van der Waals surface area contributed by atoms with Crippen molar-refractivity contribution in [2.75, 3.05) is 6.54 Å². The second-order valence-electron chi connectivity index (χ2n) is 5.05. The normalized spacial score (nSPS) is 12.9. The van der Waals surface area contributed by atoms with Crippen molar-refractivity contribution in [3.05, 3.63) is 51.0 Å². The Morgan fingerprint density at radius 3 is 2.76 bits per heavy atom. The lowest BCUT2D eigenvalue weighted by Gasteiger charge is -2.23. The second-order valence-corrected chi connectivity index (χ2v) is 6.31. The molecule has 0 saturated heterocycles. The zero-order chi connectivity index (χ0) is 15.6. The number of nitrogens with one attached hydrogen (secondary N) is 1. The highest BCUT2D eigenvalue weighted by Crippen LogP contribution is 2.33. The summed E-state index contributed by atoms with van der Waals surface area (Å²) in [5, 5.41) is 7.81. The van der Waals surface area contributed by atoms with E-state index in [1.54, 1.807) is 24.4 Å². The van der Waals surface area contributed by atoms with E-state index in [1.807, 2.05) is 25.5 Å². The number of hydrogen-bond donors (Lipinski definition) is 1. The Morgan fingerprint density at radius 2 is 2.14 bits per heavy atom. The standard InChI is InChI=1S/C15H18BrClFN3/c1-4-19-14(10-6-5-7-12(17)13(10)18)15-11(16)8-20-21(15)9(2)3/h5-9,14,19H,4H2,1-3H3. The average Bonchev–Trinajstić information content (AvgIpc) is 2.82. The van der Waals surface area contributed by atoms with E-state index in [9.17, 15) is 4.39 Å². The first-order valence-corrected chi connectivity index (χ1v) is 8.04. The first kappa shape index (κ1) is 16.5. The molecule has 3 nitrogen and oxygen atoms in total. The highest BCUT2D eigenvalue weighted by molar-refractivity contribution is 9.10. The molecular formula is C15H18BrClFN3. The fourth-order valence-electron chi connectivity index (χ4n) is 2.33. The third-order valence-electron chi connectivity index (χ3n) is 3.25. The number of rotatable bonds is 5. The molecule has 114 valence electrons. The van der Waals surface area contributed by atoms with Crippen LogP contribution in [0.4, 0.5) is 4.39 Å². The van der Waals surface area contributed by atoms with Gasteiger partial charge in [-0.2, -0.15) is 5.10 Å². The maximum Gasteiger partial charge on any atom is 0.146 e. The lowest BCUT2D eigenvalue weighted by atomic mass is 10.0. The van der Waals surface area contributed by atoms with E-state index in [2.05, 4.69) is 26.3 Å². The average molecular weight is 375 g/mol. The van der Waals surface area contributed by atoms with Gasteiger partial charge in [-0.15, -0.1) is 0 Å². The van der Waals surface area contributed by atoms with Crippen LogP contribution in [0.3, 0.4) is 0 Å². The van der Waals surface area contributed by atoms with Gasteiger partial charge in [0.1, 0.15) is 5.82 Å². The summed E-state index contributed by atoms with van der Waals surface area (Å²) in [6, 6.07) is 4.93. The molecule has 0 radical (unpaired) electrons. The van der Waals surface area contributed by atoms with Gasteiger partial charge in [-0.05, 0) is 42.4 Å². The van der Waals surface area contributed by atoms with Crippen LogP contribution in [-0.2, 0) is 0 Å². The van der Waals surface area contributed by atoms with Crippen molar-refractivity contribution >= 4 is 27.5 Å². The van der Waals surface area contributed by atoms with Crippen LogP contribution >= 0.6 is 27.5 Å². The molecule has 0 fully saturated rings. The third kappa shape index (κ3) is 3.30. The summed E-state index contributed by atoms with van der Waals surface area (Å²) < 4.78 is 17.1. The van der Waals surface area contributed by atoms with Crippen molar-refractivity contribution in [2.45, 2.75) is 32.9 Å². The molecule has 0 bridgehead atoms. The van der Waals surface area contributed by atoms with Crippen molar-refractivity contribution in [1.29, 1.82) is 0 Å². The summed E-state index contributed by atoms with van der Waals surface area (Å²) in [6.07, 6.45) is 1.74. The first-order valence-electron chi connectivity index (χ1n) is 6.87. The second kappa shape index (κ2) is 6.90. The highest BCUT2D eigenvalue weighted by atomic mass is 79.9. The van der Waals surface area contributed by atoms with Crippen LogP contribution in [0.2, 0.25) is 5.02 Å². The van der Waals surface area contributed by atoms with Gasteiger partial charge in [0.25, 0.3) is 0 Å². The fraction of sp³-hybridized carbons (Fsp3) is 0.400. The Kier molecular flexibility index (Phi) is 5.41. The number of halogens is 3. The predicted molar refractivity (Wildman–Crippen MR) is 87.2 cm³/mol. The van der Waals surface area contributed by atoms with Crippen molar-refractivity contribution < 1.29 is 4.39 Å². The minimum absolute atomic E-state index is 0.127. The van der Waals surface area contributed by atoms with Gasteiger partial charge in [-0.25, -0.2) is 4.39 Å². The largest absolute Gasteiger partial charge is 0.305 e. The Balaban J connectivity index is 2.59. The molecule has 1 N–H and O–H groups in total. The van der Waals surface area contributed by atoms with Gasteiger partial charge in [0, 0.05) is 11.6 Å². The number of hydrogen-bond acceptors (Lipinski definition) is 2. The molecule has 0 aliphatic carbocycles. The quantitative estimate of drug-likeness (QED) is 0.821. The molecule has 0 aliphatic rings. The Hall–Kier alpha value is -0.910. The minimum atomic E-state index is -0.395. The van der Waals surface area contributed by atoms with Gasteiger partial charge in [0.05, 0.1) is 27.4 Å². The molecule has 0 spiro atoms. The van der Waals surface area contributed by atoms with Crippen LogP contribution in [-0.4, -0.2) is 16.3 Å². The zero-order valence-corrected chi connectivity index (χ0v) is 14.5. The molecule has 21 heavy (non-hydrogen) atoms. The molecule has 1 aromatic carbocycles. The number of nitrogens with zero attached hydrogens (tertiary/aromatic N) is 2. The van der Waals surface area contributed by atoms with Crippen LogP contribution in [0.5, 0.6) is 0 Å². The van der Waals surface area contributed by atoms with Gasteiger partial charge in [-0.1, -0.05) is 30.7 Å². The number of aromatic nitrogens is 2. The molecule has 2 aromatic rings. The molecule has 6 heteroatoms. The van der Waals surface area contributed by atoms with Crippen LogP contribution in [0.25, 0.3) is 0 Å². The molecule has 1 unspecified atom stereocenters. The van der Waals surface area contributed by atoms with E-state index in [0.717, 1.165) is 10.2 Å². The molecule has 0 saturated carbocycles. The van der Waals surface area contributed by atoms with E-state index < -0.39 is 5.82 Å². The van der Waals surface area contributed by atoms with Crippen molar-refractivity contribution in [3.8, 4) is 0 Å². The maximum atomic E-state index is 14.4. The predicted octanol–water partition coefficient (Wildman–Crippen LogP) is 4.72. The molecule has 1 heterocycles. The Labute approximate surface area is 137 Å². The van der Waals surface area contributed by atoms with Gasteiger partial charge in [-0.3, -0.25) is 4.68 Å². The molecule has 2 rings (SSSR count). The van der Waals surface area contributed by atoms with Gasteiger partial charge in [0.15, 0.2) is 0 Å². The monoisotopic (exact) mass is 373 g/mol. The molecule has 1 atom stereocenters. The summed E-state index contributed by atoms with van der Waals surface area (Å²) >= 11 is 9.44. The summed E-state index contributed by atoms with van der Waals surface area (Å²) in [5.74, 6) is -0.395. The molecule has 0 aliphatic heterocycles. The molecular weight excluding hydrogens is 357 g/mol. The maximum absolute atomic E-state index is 14.4. The summed E-state index contributed by atoms with van der Waals surface area (Å²) in [6.45, 7) is 6.77. The number of benzene rings is 1. The van der Waals surface area contributed by atoms with E-state index >= 15 is 0 Å². The Morgan fingerprint density at radius 1 is 1.43 bits per heavy atom. The Bertz CT molecular complexity index is 627. The van der Waals surface area contributed by atoms with Gasteiger partial charge >= 0.3 is 0 Å². The highest BCUT2D eigenvalue weighted by Gasteiger charge is 2.25. The topological polar surface area (TPSA) is 29.9 Å². The van der Waals surface area contributed by atoms with Crippen molar-refractivity contribution in [3.63, 3.8) is 0 Å². The van der Waals surface area contributed by atoms with Gasteiger partial charge in [0.2, 0.25) is 0 Å². The lowest BCUT2D eigenvalue weighted by molar-refractivity contribution is 0.466.